The van der Waals surface area contributed by atoms with Crippen LogP contribution in [0.1, 0.15) is 0 Å². The van der Waals surface area contributed by atoms with Gasteiger partial charge in [0.25, 0.3) is 0 Å². The highest BCUT2D eigenvalue weighted by molar-refractivity contribution is 7.36. The van der Waals surface area contributed by atoms with Crippen molar-refractivity contribution in [3.8, 4) is 33.4 Å². The number of hydrogen-bond donors (Lipinski definition) is 0. The van der Waals surface area contributed by atoms with Gasteiger partial charge in [0.2, 0.25) is 0 Å². The Labute approximate surface area is 274 Å². The van der Waals surface area contributed by atoms with E-state index in [1.807, 2.05) is 22.7 Å². The summed E-state index contributed by atoms with van der Waals surface area (Å²) < 4.78 is 5.53. The summed E-state index contributed by atoms with van der Waals surface area (Å²) in [5.41, 5.74) is 7.62. The van der Waals surface area contributed by atoms with E-state index in [2.05, 4.69) is 158 Å². The first-order valence-electron chi connectivity index (χ1n) is 15.7. The lowest BCUT2D eigenvalue weighted by Gasteiger charge is -2.18. The zero-order valence-corrected chi connectivity index (χ0v) is 26.5. The standard InChI is InChI=1S/C44H26S2/c1-2-12-31-27(10-1)11-9-18-32(31)28-20-22-29(23-21-28)41-33-13-3-5-15-35(33)42(36-16-6-4-14-34(36)41)30-24-25-40-38(26-30)44-43(46-40)37-17-7-8-19-39(37)45-44/h1-26H. The molecule has 0 fully saturated rings. The molecule has 10 rings (SSSR count). The van der Waals surface area contributed by atoms with Gasteiger partial charge in [-0.1, -0.05) is 140 Å². The molecule has 0 radical (unpaired) electrons. The van der Waals surface area contributed by atoms with Gasteiger partial charge in [-0.25, -0.2) is 0 Å². The summed E-state index contributed by atoms with van der Waals surface area (Å²) in [6.45, 7) is 0. The highest BCUT2D eigenvalue weighted by atomic mass is 32.1. The van der Waals surface area contributed by atoms with Gasteiger partial charge in [-0.15, -0.1) is 22.7 Å². The van der Waals surface area contributed by atoms with Crippen LogP contribution in [0.15, 0.2) is 158 Å². The van der Waals surface area contributed by atoms with E-state index in [0.717, 1.165) is 0 Å². The zero-order chi connectivity index (χ0) is 30.2. The molecule has 2 heterocycles. The monoisotopic (exact) mass is 618 g/mol. The second-order valence-electron chi connectivity index (χ2n) is 12.0. The van der Waals surface area contributed by atoms with E-state index in [0.29, 0.717) is 0 Å². The Hall–Kier alpha value is -5.28. The van der Waals surface area contributed by atoms with Crippen molar-refractivity contribution in [2.45, 2.75) is 0 Å². The van der Waals surface area contributed by atoms with Crippen LogP contribution in [0.4, 0.5) is 0 Å². The molecule has 0 bridgehead atoms. The quantitative estimate of drug-likeness (QED) is 0.173. The molecule has 0 unspecified atom stereocenters. The Morgan fingerprint density at radius 1 is 0.304 bits per heavy atom. The Balaban J connectivity index is 1.19. The maximum Gasteiger partial charge on any atom is 0.0542 e. The lowest BCUT2D eigenvalue weighted by Crippen LogP contribution is -1.91. The molecular weight excluding hydrogens is 593 g/mol. The van der Waals surface area contributed by atoms with Crippen molar-refractivity contribution in [2.75, 3.05) is 0 Å². The van der Waals surface area contributed by atoms with E-state index >= 15 is 0 Å². The van der Waals surface area contributed by atoms with E-state index in [-0.39, 0.29) is 0 Å². The largest absolute Gasteiger partial charge is 0.134 e. The Morgan fingerprint density at radius 3 is 1.48 bits per heavy atom. The Bertz CT molecular complexity index is 2730. The van der Waals surface area contributed by atoms with Crippen LogP contribution in [-0.2, 0) is 0 Å². The minimum Gasteiger partial charge on any atom is -0.134 e. The van der Waals surface area contributed by atoms with Crippen LogP contribution in [0.3, 0.4) is 0 Å². The molecule has 0 nitrogen and oxygen atoms in total. The summed E-state index contributed by atoms with van der Waals surface area (Å²) in [5.74, 6) is 0. The second-order valence-corrected chi connectivity index (χ2v) is 14.1. The van der Waals surface area contributed by atoms with Crippen LogP contribution in [0.5, 0.6) is 0 Å². The highest BCUT2D eigenvalue weighted by Crippen LogP contribution is 2.48. The normalized spacial score (nSPS) is 11.9. The minimum atomic E-state index is 1.24. The van der Waals surface area contributed by atoms with Crippen LogP contribution in [0, 0.1) is 0 Å². The first-order chi connectivity index (χ1) is 22.8. The molecule has 0 N–H and O–H groups in total. The van der Waals surface area contributed by atoms with Crippen LogP contribution in [-0.4, -0.2) is 0 Å². The van der Waals surface area contributed by atoms with Crippen molar-refractivity contribution in [3.63, 3.8) is 0 Å². The van der Waals surface area contributed by atoms with E-state index < -0.39 is 0 Å². The fourth-order valence-electron chi connectivity index (χ4n) is 7.41. The van der Waals surface area contributed by atoms with Crippen LogP contribution >= 0.6 is 22.7 Å². The third kappa shape index (κ3) is 3.84. The summed E-state index contributed by atoms with van der Waals surface area (Å²) in [6, 6.07) is 58.2. The van der Waals surface area contributed by atoms with Crippen molar-refractivity contribution in [1.29, 1.82) is 0 Å². The summed E-state index contributed by atoms with van der Waals surface area (Å²) in [4.78, 5) is 0. The van der Waals surface area contributed by atoms with E-state index in [9.17, 15) is 0 Å². The molecule has 0 atom stereocenters. The lowest BCUT2D eigenvalue weighted by molar-refractivity contribution is 1.63. The zero-order valence-electron chi connectivity index (χ0n) is 24.8. The van der Waals surface area contributed by atoms with Gasteiger partial charge in [-0.05, 0) is 83.9 Å². The molecule has 214 valence electrons. The predicted molar refractivity (Wildman–Crippen MR) is 204 cm³/mol. The van der Waals surface area contributed by atoms with Crippen LogP contribution in [0.2, 0.25) is 0 Å². The van der Waals surface area contributed by atoms with Gasteiger partial charge in [0, 0.05) is 20.2 Å². The van der Waals surface area contributed by atoms with Crippen molar-refractivity contribution < 1.29 is 0 Å². The summed E-state index contributed by atoms with van der Waals surface area (Å²) >= 11 is 3.84. The van der Waals surface area contributed by atoms with E-state index in [1.165, 1.54) is 95.3 Å². The maximum atomic E-state index is 2.44. The summed E-state index contributed by atoms with van der Waals surface area (Å²) in [5, 5.41) is 10.4. The fraction of sp³-hybridized carbons (Fsp3) is 0. The van der Waals surface area contributed by atoms with Gasteiger partial charge in [0.15, 0.2) is 0 Å². The average Bonchev–Trinajstić information content (AvgIpc) is 3.66. The highest BCUT2D eigenvalue weighted by Gasteiger charge is 2.18. The molecule has 10 aromatic rings. The van der Waals surface area contributed by atoms with Crippen molar-refractivity contribution in [3.05, 3.63) is 158 Å². The van der Waals surface area contributed by atoms with Crippen LogP contribution < -0.4 is 0 Å². The molecule has 2 heteroatoms. The number of hydrogen-bond acceptors (Lipinski definition) is 2. The topological polar surface area (TPSA) is 0 Å². The third-order valence-corrected chi connectivity index (χ3v) is 12.0. The molecule has 0 saturated heterocycles. The van der Waals surface area contributed by atoms with E-state index in [1.54, 1.807) is 0 Å². The SMILES string of the molecule is c1ccc2c(-c3ccc(-c4c5ccccc5c(-c5ccc6sc7c8ccccc8sc7c6c5)c5ccccc45)cc3)cccc2c1. The van der Waals surface area contributed by atoms with Gasteiger partial charge in [0.05, 0.1) is 9.40 Å². The molecule has 0 aliphatic heterocycles. The molecule has 46 heavy (non-hydrogen) atoms. The number of rotatable bonds is 3. The maximum absolute atomic E-state index is 2.44. The van der Waals surface area contributed by atoms with Gasteiger partial charge in [-0.3, -0.25) is 0 Å². The van der Waals surface area contributed by atoms with Crippen molar-refractivity contribution >= 4 is 84.6 Å². The van der Waals surface area contributed by atoms with Gasteiger partial charge < -0.3 is 0 Å². The van der Waals surface area contributed by atoms with Gasteiger partial charge >= 0.3 is 0 Å². The second kappa shape index (κ2) is 10.1. The van der Waals surface area contributed by atoms with Gasteiger partial charge in [0.1, 0.15) is 0 Å². The Kier molecular flexibility index (Phi) is 5.72. The Morgan fingerprint density at radius 2 is 0.783 bits per heavy atom. The number of thiophene rings is 2. The molecule has 8 aromatic carbocycles. The molecule has 0 aliphatic rings. The number of fused-ring (bicyclic) bond motifs is 8. The minimum absolute atomic E-state index is 1.24. The fourth-order valence-corrected chi connectivity index (χ4v) is 10.0. The number of benzene rings is 8. The van der Waals surface area contributed by atoms with E-state index in [4.69, 9.17) is 0 Å². The van der Waals surface area contributed by atoms with Crippen molar-refractivity contribution in [1.82, 2.24) is 0 Å². The first-order valence-corrected chi connectivity index (χ1v) is 17.3. The smallest absolute Gasteiger partial charge is 0.0542 e. The molecule has 0 amide bonds. The predicted octanol–water partition coefficient (Wildman–Crippen LogP) is 13.7. The lowest BCUT2D eigenvalue weighted by atomic mass is 9.85. The van der Waals surface area contributed by atoms with Crippen LogP contribution in [0.25, 0.3) is 95.3 Å². The summed E-state index contributed by atoms with van der Waals surface area (Å²) in [7, 11) is 0. The molecule has 0 saturated carbocycles. The van der Waals surface area contributed by atoms with Gasteiger partial charge in [-0.2, -0.15) is 0 Å². The third-order valence-electron chi connectivity index (χ3n) is 9.48. The molecule has 0 spiro atoms. The average molecular weight is 619 g/mol. The van der Waals surface area contributed by atoms with Crippen molar-refractivity contribution in [2.24, 2.45) is 0 Å². The first kappa shape index (κ1) is 26.0. The summed E-state index contributed by atoms with van der Waals surface area (Å²) in [6.07, 6.45) is 0. The molecule has 2 aromatic heterocycles. The molecule has 0 aliphatic carbocycles. The molecular formula is C44H26S2.